The quantitative estimate of drug-likeness (QED) is 0.798. The van der Waals surface area contributed by atoms with E-state index >= 15 is 0 Å². The van der Waals surface area contributed by atoms with E-state index in [0.29, 0.717) is 5.56 Å². The molecule has 0 radical (unpaired) electrons. The Kier molecular flexibility index (Phi) is 3.98. The van der Waals surface area contributed by atoms with E-state index in [1.165, 1.54) is 6.42 Å². The standard InChI is InChI=1S/C17H20N6O/c24-17(13-5-6-15-16(12-13)20-21-19-15)23-10-2-1-4-14(23)7-11-22-9-3-8-18-22/h3,5-6,8-9,12,14H,1-2,4,7,10-11H2,(H,19,20,21)/t14-/m1/s1. The minimum Gasteiger partial charge on any atom is -0.336 e. The molecule has 3 heterocycles. The lowest BCUT2D eigenvalue weighted by molar-refractivity contribution is 0.0594. The third kappa shape index (κ3) is 2.89. The predicted octanol–water partition coefficient (Wildman–Crippen LogP) is 2.24. The molecule has 2 aromatic heterocycles. The highest BCUT2D eigenvalue weighted by Gasteiger charge is 2.27. The maximum atomic E-state index is 13.0. The van der Waals surface area contributed by atoms with E-state index in [0.717, 1.165) is 43.4 Å². The minimum absolute atomic E-state index is 0.0880. The van der Waals surface area contributed by atoms with Crippen LogP contribution < -0.4 is 0 Å². The van der Waals surface area contributed by atoms with Crippen molar-refractivity contribution in [1.29, 1.82) is 0 Å². The van der Waals surface area contributed by atoms with Crippen molar-refractivity contribution in [3.05, 3.63) is 42.2 Å². The molecule has 1 aromatic carbocycles. The van der Waals surface area contributed by atoms with Crippen LogP contribution in [-0.4, -0.2) is 48.6 Å². The van der Waals surface area contributed by atoms with Gasteiger partial charge in [-0.25, -0.2) is 0 Å². The average Bonchev–Trinajstić information content (AvgIpc) is 3.30. The molecule has 124 valence electrons. The molecule has 3 aromatic rings. The fourth-order valence-electron chi connectivity index (χ4n) is 3.42. The number of aromatic nitrogens is 5. The van der Waals surface area contributed by atoms with Crippen LogP contribution >= 0.6 is 0 Å². The Morgan fingerprint density at radius 2 is 2.17 bits per heavy atom. The van der Waals surface area contributed by atoms with Crippen LogP contribution in [-0.2, 0) is 6.54 Å². The molecule has 1 atom stereocenters. The fourth-order valence-corrected chi connectivity index (χ4v) is 3.42. The summed E-state index contributed by atoms with van der Waals surface area (Å²) >= 11 is 0. The van der Waals surface area contributed by atoms with Gasteiger partial charge in [-0.3, -0.25) is 9.48 Å². The van der Waals surface area contributed by atoms with E-state index < -0.39 is 0 Å². The number of piperidine rings is 1. The first kappa shape index (κ1) is 14.9. The number of rotatable bonds is 4. The van der Waals surface area contributed by atoms with Gasteiger partial charge in [-0.15, -0.1) is 0 Å². The zero-order chi connectivity index (χ0) is 16.4. The Labute approximate surface area is 139 Å². The van der Waals surface area contributed by atoms with Gasteiger partial charge in [0.2, 0.25) is 0 Å². The van der Waals surface area contributed by atoms with Gasteiger partial charge in [0.15, 0.2) is 0 Å². The molecule has 1 N–H and O–H groups in total. The molecular formula is C17H20N6O. The van der Waals surface area contributed by atoms with E-state index in [9.17, 15) is 4.79 Å². The number of aromatic amines is 1. The maximum absolute atomic E-state index is 13.0. The number of amides is 1. The number of benzene rings is 1. The molecule has 7 nitrogen and oxygen atoms in total. The van der Waals surface area contributed by atoms with E-state index in [1.807, 2.05) is 40.0 Å². The summed E-state index contributed by atoms with van der Waals surface area (Å²) in [6.07, 6.45) is 7.98. The second-order valence-electron chi connectivity index (χ2n) is 6.23. The van der Waals surface area contributed by atoms with Gasteiger partial charge in [-0.2, -0.15) is 20.5 Å². The van der Waals surface area contributed by atoms with Gasteiger partial charge in [0.05, 0.1) is 0 Å². The molecule has 1 aliphatic heterocycles. The molecule has 1 saturated heterocycles. The number of nitrogens with zero attached hydrogens (tertiary/aromatic N) is 5. The van der Waals surface area contributed by atoms with Crippen molar-refractivity contribution in [2.24, 2.45) is 0 Å². The van der Waals surface area contributed by atoms with Gasteiger partial charge in [0.25, 0.3) is 5.91 Å². The Morgan fingerprint density at radius 1 is 1.25 bits per heavy atom. The van der Waals surface area contributed by atoms with Crippen molar-refractivity contribution < 1.29 is 4.79 Å². The van der Waals surface area contributed by atoms with Crippen molar-refractivity contribution >= 4 is 16.9 Å². The zero-order valence-electron chi connectivity index (χ0n) is 13.4. The van der Waals surface area contributed by atoms with Crippen LogP contribution in [0.4, 0.5) is 0 Å². The number of nitrogens with one attached hydrogen (secondary N) is 1. The summed E-state index contributed by atoms with van der Waals surface area (Å²) in [5, 5.41) is 15.0. The summed E-state index contributed by atoms with van der Waals surface area (Å²) in [5.74, 6) is 0.0880. The smallest absolute Gasteiger partial charge is 0.254 e. The van der Waals surface area contributed by atoms with E-state index in [-0.39, 0.29) is 11.9 Å². The molecule has 0 unspecified atom stereocenters. The highest BCUT2D eigenvalue weighted by molar-refractivity contribution is 5.97. The number of H-pyrrole nitrogens is 1. The molecule has 0 saturated carbocycles. The lowest BCUT2D eigenvalue weighted by Gasteiger charge is -2.36. The Balaban J connectivity index is 1.51. The monoisotopic (exact) mass is 324 g/mol. The Morgan fingerprint density at radius 3 is 3.04 bits per heavy atom. The topological polar surface area (TPSA) is 79.7 Å². The van der Waals surface area contributed by atoms with E-state index in [2.05, 4.69) is 20.5 Å². The van der Waals surface area contributed by atoms with Crippen LogP contribution in [0.1, 0.15) is 36.0 Å². The summed E-state index contributed by atoms with van der Waals surface area (Å²) in [5.41, 5.74) is 2.19. The molecule has 0 spiro atoms. The largest absolute Gasteiger partial charge is 0.336 e. The summed E-state index contributed by atoms with van der Waals surface area (Å²) < 4.78 is 1.93. The highest BCUT2D eigenvalue weighted by atomic mass is 16.2. The van der Waals surface area contributed by atoms with Crippen LogP contribution in [0.25, 0.3) is 11.0 Å². The minimum atomic E-state index is 0.0880. The molecule has 1 aliphatic rings. The first-order valence-corrected chi connectivity index (χ1v) is 8.40. The van der Waals surface area contributed by atoms with Gasteiger partial charge in [0.1, 0.15) is 11.0 Å². The molecule has 1 fully saturated rings. The van der Waals surface area contributed by atoms with Crippen molar-refractivity contribution in [1.82, 2.24) is 30.1 Å². The normalized spacial score (nSPS) is 18.2. The maximum Gasteiger partial charge on any atom is 0.254 e. The van der Waals surface area contributed by atoms with Gasteiger partial charge >= 0.3 is 0 Å². The van der Waals surface area contributed by atoms with E-state index in [1.54, 1.807) is 6.20 Å². The van der Waals surface area contributed by atoms with Crippen LogP contribution in [0.3, 0.4) is 0 Å². The SMILES string of the molecule is O=C(c1ccc2n[nH]nc2c1)N1CCCC[C@@H]1CCn1cccn1. The number of aryl methyl sites for hydroxylation is 1. The number of hydrogen-bond acceptors (Lipinski definition) is 4. The summed E-state index contributed by atoms with van der Waals surface area (Å²) in [6, 6.07) is 7.70. The Bertz CT molecular complexity index is 825. The fraction of sp³-hybridized carbons (Fsp3) is 0.412. The molecule has 7 heteroatoms. The van der Waals surface area contributed by atoms with Gasteiger partial charge in [-0.1, -0.05) is 0 Å². The highest BCUT2D eigenvalue weighted by Crippen LogP contribution is 2.23. The van der Waals surface area contributed by atoms with Crippen LogP contribution in [0.5, 0.6) is 0 Å². The van der Waals surface area contributed by atoms with E-state index in [4.69, 9.17) is 0 Å². The number of likely N-dealkylation sites (tertiary alicyclic amines) is 1. The molecule has 4 rings (SSSR count). The first-order chi connectivity index (χ1) is 11.8. The summed E-state index contributed by atoms with van der Waals surface area (Å²) in [7, 11) is 0. The third-order valence-corrected chi connectivity index (χ3v) is 4.70. The van der Waals surface area contributed by atoms with Crippen molar-refractivity contribution in [2.75, 3.05) is 6.54 Å². The Hall–Kier alpha value is -2.70. The van der Waals surface area contributed by atoms with Crippen molar-refractivity contribution in [2.45, 2.75) is 38.3 Å². The number of hydrogen-bond donors (Lipinski definition) is 1. The lowest BCUT2D eigenvalue weighted by Crippen LogP contribution is -2.44. The van der Waals surface area contributed by atoms with Crippen molar-refractivity contribution in [3.8, 4) is 0 Å². The molecule has 0 bridgehead atoms. The molecule has 0 aliphatic carbocycles. The summed E-state index contributed by atoms with van der Waals surface area (Å²) in [4.78, 5) is 15.0. The molecule has 24 heavy (non-hydrogen) atoms. The number of carbonyl (C=O) groups is 1. The molecule has 1 amide bonds. The average molecular weight is 324 g/mol. The molecular weight excluding hydrogens is 304 g/mol. The second kappa shape index (κ2) is 6.43. The van der Waals surface area contributed by atoms with Crippen LogP contribution in [0.2, 0.25) is 0 Å². The van der Waals surface area contributed by atoms with Crippen LogP contribution in [0, 0.1) is 0 Å². The van der Waals surface area contributed by atoms with Gasteiger partial charge in [0, 0.05) is 37.1 Å². The second-order valence-corrected chi connectivity index (χ2v) is 6.23. The number of carbonyl (C=O) groups excluding carboxylic acids is 1. The number of fused-ring (bicyclic) bond motifs is 1. The van der Waals surface area contributed by atoms with Gasteiger partial charge in [-0.05, 0) is 49.9 Å². The zero-order valence-corrected chi connectivity index (χ0v) is 13.4. The van der Waals surface area contributed by atoms with Gasteiger partial charge < -0.3 is 4.90 Å². The first-order valence-electron chi connectivity index (χ1n) is 8.40. The third-order valence-electron chi connectivity index (χ3n) is 4.70. The predicted molar refractivity (Wildman–Crippen MR) is 89.4 cm³/mol. The lowest BCUT2D eigenvalue weighted by atomic mass is 9.98. The summed E-state index contributed by atoms with van der Waals surface area (Å²) in [6.45, 7) is 1.66. The van der Waals surface area contributed by atoms with Crippen LogP contribution in [0.15, 0.2) is 36.7 Å². The van der Waals surface area contributed by atoms with Crippen molar-refractivity contribution in [3.63, 3.8) is 0 Å².